The third-order valence-corrected chi connectivity index (χ3v) is 1.80. The van der Waals surface area contributed by atoms with Crippen LogP contribution in [-0.2, 0) is 4.79 Å². The largest absolute Gasteiger partial charge is 0.394 e. The van der Waals surface area contributed by atoms with Crippen molar-refractivity contribution in [3.63, 3.8) is 0 Å². The highest BCUT2D eigenvalue weighted by Crippen LogP contribution is 2.13. The second-order valence-corrected chi connectivity index (χ2v) is 2.91. The fourth-order valence-corrected chi connectivity index (χ4v) is 0.762. The highest BCUT2D eigenvalue weighted by Gasteiger charge is 2.40. The zero-order valence-electron chi connectivity index (χ0n) is 7.21. The molecule has 0 bridgehead atoms. The number of ketones is 1. The Morgan fingerprint density at radius 2 is 1.77 bits per heavy atom. The second-order valence-electron chi connectivity index (χ2n) is 2.91. The van der Waals surface area contributed by atoms with Crippen LogP contribution in [0.25, 0.3) is 0 Å². The van der Waals surface area contributed by atoms with E-state index in [9.17, 15) is 9.90 Å². The Labute approximate surface area is 75.1 Å². The molecule has 0 aromatic rings. The molecule has 0 unspecified atom stereocenters. The molecule has 13 heavy (non-hydrogen) atoms. The minimum absolute atomic E-state index is 0.809. The van der Waals surface area contributed by atoms with Gasteiger partial charge >= 0.3 is 0 Å². The number of carbonyl (C=O) groups excluding carboxylic acids is 1. The molecule has 3 atom stereocenters. The first-order chi connectivity index (χ1) is 5.87. The van der Waals surface area contributed by atoms with Crippen molar-refractivity contribution in [3.05, 3.63) is 0 Å². The maximum Gasteiger partial charge on any atom is 0.197 e. The summed E-state index contributed by atoms with van der Waals surface area (Å²) in [5.41, 5.74) is -2.25. The molecule has 0 rings (SSSR count). The lowest BCUT2D eigenvalue weighted by Gasteiger charge is -2.27. The first-order valence-electron chi connectivity index (χ1n) is 3.72. The summed E-state index contributed by atoms with van der Waals surface area (Å²) in [5.74, 6) is -1.13. The molecule has 0 heterocycles. The molecule has 0 radical (unpaired) electrons. The molecule has 0 saturated carbocycles. The molecular formula is C7H14O6. The van der Waals surface area contributed by atoms with Gasteiger partial charge in [-0.3, -0.25) is 4.79 Å². The first-order valence-corrected chi connectivity index (χ1v) is 3.72. The van der Waals surface area contributed by atoms with E-state index in [1.807, 2.05) is 0 Å². The molecule has 0 amide bonds. The van der Waals surface area contributed by atoms with Crippen molar-refractivity contribution in [1.29, 1.82) is 0 Å². The number of aliphatic hydroxyl groups is 5. The lowest BCUT2D eigenvalue weighted by atomic mass is 9.91. The highest BCUT2D eigenvalue weighted by molar-refractivity contribution is 5.91. The molecule has 0 fully saturated rings. The summed E-state index contributed by atoms with van der Waals surface area (Å²) in [6.45, 7) is -0.695. The monoisotopic (exact) mass is 194 g/mol. The standard InChI is InChI=1S/C7H14O6/c1-7(13,5(11)3-9)6(12)4(10)2-8/h4-5,8-11,13H,2-3H2,1H3/t4-,5-,7-/m1/s1. The van der Waals surface area contributed by atoms with E-state index in [0.29, 0.717) is 0 Å². The summed E-state index contributed by atoms with van der Waals surface area (Å²) in [6, 6.07) is 0. The Kier molecular flexibility index (Phi) is 4.45. The number of aliphatic hydroxyl groups excluding tert-OH is 4. The van der Waals surface area contributed by atoms with Crippen molar-refractivity contribution >= 4 is 5.78 Å². The predicted molar refractivity (Wildman–Crippen MR) is 41.8 cm³/mol. The molecule has 6 nitrogen and oxygen atoms in total. The lowest BCUT2D eigenvalue weighted by Crippen LogP contribution is -2.53. The van der Waals surface area contributed by atoms with Gasteiger partial charge in [0.15, 0.2) is 11.4 Å². The predicted octanol–water partition coefficient (Wildman–Crippen LogP) is -2.99. The summed E-state index contributed by atoms with van der Waals surface area (Å²) in [7, 11) is 0. The number of Topliss-reactive ketones (excluding diaryl/α,β-unsaturated/α-hetero) is 1. The van der Waals surface area contributed by atoms with Crippen LogP contribution < -0.4 is 0 Å². The van der Waals surface area contributed by atoms with Crippen LogP contribution in [0.1, 0.15) is 6.92 Å². The van der Waals surface area contributed by atoms with Gasteiger partial charge in [0, 0.05) is 0 Å². The Morgan fingerprint density at radius 1 is 1.31 bits per heavy atom. The van der Waals surface area contributed by atoms with Crippen LogP contribution in [0.4, 0.5) is 0 Å². The minimum Gasteiger partial charge on any atom is -0.394 e. The molecule has 78 valence electrons. The van der Waals surface area contributed by atoms with Crippen LogP contribution in [0.15, 0.2) is 0 Å². The quantitative estimate of drug-likeness (QED) is 0.318. The Bertz CT molecular complexity index is 178. The summed E-state index contributed by atoms with van der Waals surface area (Å²) in [5, 5.41) is 44.0. The number of hydrogen-bond donors (Lipinski definition) is 5. The molecule has 5 N–H and O–H groups in total. The lowest BCUT2D eigenvalue weighted by molar-refractivity contribution is -0.161. The molecule has 0 aliphatic rings. The summed E-state index contributed by atoms with van der Waals surface area (Å²) in [4.78, 5) is 11.1. The van der Waals surface area contributed by atoms with Crippen molar-refractivity contribution in [2.75, 3.05) is 13.2 Å². The van der Waals surface area contributed by atoms with Gasteiger partial charge in [0.05, 0.1) is 13.2 Å². The fourth-order valence-electron chi connectivity index (χ4n) is 0.762. The van der Waals surface area contributed by atoms with Gasteiger partial charge < -0.3 is 25.5 Å². The topological polar surface area (TPSA) is 118 Å². The Morgan fingerprint density at radius 3 is 2.08 bits per heavy atom. The van der Waals surface area contributed by atoms with E-state index in [2.05, 4.69) is 0 Å². The minimum atomic E-state index is -2.25. The van der Waals surface area contributed by atoms with Crippen molar-refractivity contribution < 1.29 is 30.3 Å². The summed E-state index contributed by atoms with van der Waals surface area (Å²) >= 11 is 0. The van der Waals surface area contributed by atoms with E-state index in [1.54, 1.807) is 0 Å². The Balaban J connectivity index is 4.53. The highest BCUT2D eigenvalue weighted by atomic mass is 16.4. The summed E-state index contributed by atoms with van der Waals surface area (Å²) in [6.07, 6.45) is -3.43. The maximum absolute atomic E-state index is 11.1. The molecule has 0 saturated heterocycles. The average molecular weight is 194 g/mol. The van der Waals surface area contributed by atoms with Crippen LogP contribution in [0, 0.1) is 0 Å². The molecular weight excluding hydrogens is 180 g/mol. The van der Waals surface area contributed by atoms with E-state index in [4.69, 9.17) is 20.4 Å². The van der Waals surface area contributed by atoms with Crippen LogP contribution in [0.2, 0.25) is 0 Å². The third-order valence-electron chi connectivity index (χ3n) is 1.80. The van der Waals surface area contributed by atoms with Gasteiger partial charge in [0.1, 0.15) is 12.2 Å². The molecule has 0 aromatic heterocycles. The zero-order valence-corrected chi connectivity index (χ0v) is 7.21. The maximum atomic E-state index is 11.1. The third kappa shape index (κ3) is 2.71. The normalized spacial score (nSPS) is 20.5. The zero-order chi connectivity index (χ0) is 10.6. The van der Waals surface area contributed by atoms with Gasteiger partial charge in [-0.15, -0.1) is 0 Å². The summed E-state index contributed by atoms with van der Waals surface area (Å²) < 4.78 is 0. The molecule has 0 aliphatic carbocycles. The molecule has 0 aromatic carbocycles. The number of carbonyl (C=O) groups is 1. The van der Waals surface area contributed by atoms with Crippen molar-refractivity contribution in [1.82, 2.24) is 0 Å². The van der Waals surface area contributed by atoms with Gasteiger partial charge in [0.25, 0.3) is 0 Å². The van der Waals surface area contributed by atoms with E-state index in [-0.39, 0.29) is 0 Å². The van der Waals surface area contributed by atoms with Crippen LogP contribution in [0.3, 0.4) is 0 Å². The second kappa shape index (κ2) is 4.64. The number of rotatable bonds is 5. The van der Waals surface area contributed by atoms with E-state index in [0.717, 1.165) is 6.92 Å². The van der Waals surface area contributed by atoms with E-state index in [1.165, 1.54) is 0 Å². The van der Waals surface area contributed by atoms with Crippen LogP contribution in [0.5, 0.6) is 0 Å². The van der Waals surface area contributed by atoms with Gasteiger partial charge in [-0.2, -0.15) is 0 Å². The molecule has 0 aliphatic heterocycles. The van der Waals surface area contributed by atoms with Gasteiger partial charge in [0.2, 0.25) is 0 Å². The SMILES string of the molecule is C[C@](O)(C(=O)[C@H](O)CO)[C@H](O)CO. The van der Waals surface area contributed by atoms with Gasteiger partial charge in [-0.05, 0) is 6.92 Å². The first kappa shape index (κ1) is 12.5. The van der Waals surface area contributed by atoms with Gasteiger partial charge in [-0.25, -0.2) is 0 Å². The van der Waals surface area contributed by atoms with Gasteiger partial charge in [-0.1, -0.05) is 0 Å². The van der Waals surface area contributed by atoms with E-state index >= 15 is 0 Å². The molecule has 6 heteroatoms. The molecule has 0 spiro atoms. The number of hydrogen-bond acceptors (Lipinski definition) is 6. The van der Waals surface area contributed by atoms with E-state index < -0.39 is 36.8 Å². The smallest absolute Gasteiger partial charge is 0.197 e. The van der Waals surface area contributed by atoms with Crippen molar-refractivity contribution in [2.24, 2.45) is 0 Å². The van der Waals surface area contributed by atoms with Crippen LogP contribution in [-0.4, -0.2) is 62.3 Å². The Hall–Kier alpha value is -0.530. The van der Waals surface area contributed by atoms with Crippen LogP contribution >= 0.6 is 0 Å². The van der Waals surface area contributed by atoms with Crippen molar-refractivity contribution in [2.45, 2.75) is 24.7 Å². The van der Waals surface area contributed by atoms with Crippen molar-refractivity contribution in [3.8, 4) is 0 Å². The average Bonchev–Trinajstić information content (AvgIpc) is 2.13. The fraction of sp³-hybridized carbons (Fsp3) is 0.857.